The Morgan fingerprint density at radius 2 is 1.70 bits per heavy atom. The lowest BCUT2D eigenvalue weighted by Gasteiger charge is -2.71. The predicted molar refractivity (Wildman–Crippen MR) is 172 cm³/mol. The van der Waals surface area contributed by atoms with E-state index < -0.39 is 11.9 Å². The van der Waals surface area contributed by atoms with E-state index in [4.69, 9.17) is 19.9 Å². The molecule has 0 radical (unpaired) electrons. The van der Waals surface area contributed by atoms with Gasteiger partial charge in [0.05, 0.1) is 25.7 Å². The van der Waals surface area contributed by atoms with Gasteiger partial charge in [0.2, 0.25) is 0 Å². The Kier molecular flexibility index (Phi) is 8.76. The van der Waals surface area contributed by atoms with E-state index in [1.807, 2.05) is 0 Å². The highest BCUT2D eigenvalue weighted by molar-refractivity contribution is 5.73. The molecule has 1 heterocycles. The summed E-state index contributed by atoms with van der Waals surface area (Å²) in [6.07, 6.45) is 7.21. The van der Waals surface area contributed by atoms with Crippen LogP contribution in [0.3, 0.4) is 0 Å². The number of esters is 1. The number of rotatable bonds is 8. The number of aliphatic carboxylic acids is 1. The number of carbonyl (C=O) groups excluding carboxylic acids is 1. The average Bonchev–Trinajstić information content (AvgIpc) is 2.92. The van der Waals surface area contributed by atoms with Gasteiger partial charge < -0.3 is 25.1 Å². The quantitative estimate of drug-likeness (QED) is 0.226. The fourth-order valence-electron chi connectivity index (χ4n) is 11.6. The van der Waals surface area contributed by atoms with Crippen LogP contribution < -0.4 is 5.73 Å². The smallest absolute Gasteiger partial charge is 0.307 e. The van der Waals surface area contributed by atoms with E-state index in [1.165, 1.54) is 12.5 Å². The second kappa shape index (κ2) is 11.4. The molecule has 3 saturated carbocycles. The minimum Gasteiger partial charge on any atom is -0.481 e. The van der Waals surface area contributed by atoms with Gasteiger partial charge >= 0.3 is 11.9 Å². The molecule has 2 bridgehead atoms. The number of carboxylic acid groups (broad SMARTS) is 1. The zero-order chi connectivity index (χ0) is 32.6. The maximum absolute atomic E-state index is 13.3. The summed E-state index contributed by atoms with van der Waals surface area (Å²) in [6, 6.07) is -0.0974. The number of carbonyl (C=O) groups is 2. The third kappa shape index (κ3) is 4.75. The highest BCUT2D eigenvalue weighted by Crippen LogP contribution is 2.75. The van der Waals surface area contributed by atoms with Crippen LogP contribution in [0.25, 0.3) is 0 Å². The van der Waals surface area contributed by atoms with E-state index in [0.717, 1.165) is 32.1 Å². The van der Waals surface area contributed by atoms with E-state index in [2.05, 4.69) is 68.4 Å². The second-order valence-electron chi connectivity index (χ2n) is 17.4. The Morgan fingerprint density at radius 1 is 1.02 bits per heavy atom. The monoisotopic (exact) mass is 615 g/mol. The highest BCUT2D eigenvalue weighted by Gasteiger charge is 2.72. The summed E-state index contributed by atoms with van der Waals surface area (Å²) in [4.78, 5) is 25.8. The van der Waals surface area contributed by atoms with E-state index in [0.29, 0.717) is 44.0 Å². The molecule has 1 aliphatic heterocycles. The SMILES string of the molecule is CC(=O)O[C@@H]1C[C@]23COC[C@@](C)([C@@H]2CC[C@H]2C3=CC[C@@]3(C)[C@H](C(=O)O)[C@@](C)([C@H](C)C(C)C)CC[C@]23C)[C@H]1OCC(N)C(C)C. The first-order valence-corrected chi connectivity index (χ1v) is 17.4. The molecule has 0 aromatic heterocycles. The summed E-state index contributed by atoms with van der Waals surface area (Å²) < 4.78 is 19.3. The molecular weight excluding hydrogens is 554 g/mol. The van der Waals surface area contributed by atoms with Gasteiger partial charge in [-0.1, -0.05) is 74.0 Å². The molecule has 0 aromatic rings. The van der Waals surface area contributed by atoms with Gasteiger partial charge in [0.15, 0.2) is 0 Å². The van der Waals surface area contributed by atoms with E-state index in [-0.39, 0.29) is 63.1 Å². The first-order valence-electron chi connectivity index (χ1n) is 17.4. The van der Waals surface area contributed by atoms with Gasteiger partial charge in [-0.2, -0.15) is 0 Å². The van der Waals surface area contributed by atoms with E-state index in [1.54, 1.807) is 0 Å². The van der Waals surface area contributed by atoms with Gasteiger partial charge in [0, 0.05) is 23.8 Å². The molecule has 5 aliphatic rings. The van der Waals surface area contributed by atoms with Crippen molar-refractivity contribution in [2.75, 3.05) is 19.8 Å². The van der Waals surface area contributed by atoms with Gasteiger partial charge in [-0.3, -0.25) is 9.59 Å². The molecular formula is C37H61NO6. The topological polar surface area (TPSA) is 108 Å². The molecule has 7 nitrogen and oxygen atoms in total. The van der Waals surface area contributed by atoms with Gasteiger partial charge in [0.1, 0.15) is 12.2 Å². The van der Waals surface area contributed by atoms with Crippen molar-refractivity contribution in [3.05, 3.63) is 11.6 Å². The molecule has 4 aliphatic carbocycles. The minimum atomic E-state index is -0.641. The molecule has 5 rings (SSSR count). The summed E-state index contributed by atoms with van der Waals surface area (Å²) in [6.45, 7) is 23.3. The predicted octanol–water partition coefficient (Wildman–Crippen LogP) is 6.88. The lowest BCUT2D eigenvalue weighted by molar-refractivity contribution is -0.267. The molecule has 0 spiro atoms. The van der Waals surface area contributed by atoms with Crippen molar-refractivity contribution in [2.24, 2.45) is 68.3 Å². The van der Waals surface area contributed by atoms with Crippen molar-refractivity contribution < 1.29 is 28.9 Å². The van der Waals surface area contributed by atoms with Crippen molar-refractivity contribution in [1.29, 1.82) is 0 Å². The molecule has 1 saturated heterocycles. The summed E-state index contributed by atoms with van der Waals surface area (Å²) >= 11 is 0. The van der Waals surface area contributed by atoms with Gasteiger partial charge in [-0.25, -0.2) is 0 Å². The van der Waals surface area contributed by atoms with Crippen molar-refractivity contribution in [2.45, 2.75) is 126 Å². The Hall–Kier alpha value is -1.44. The van der Waals surface area contributed by atoms with E-state index >= 15 is 0 Å². The molecule has 1 unspecified atom stereocenters. The lowest BCUT2D eigenvalue weighted by Crippen LogP contribution is -2.70. The fraction of sp³-hybridized carbons (Fsp3) is 0.892. The zero-order valence-corrected chi connectivity index (χ0v) is 29.2. The molecule has 7 heteroatoms. The molecule has 44 heavy (non-hydrogen) atoms. The summed E-state index contributed by atoms with van der Waals surface area (Å²) in [7, 11) is 0. The van der Waals surface area contributed by atoms with Crippen LogP contribution in [0.15, 0.2) is 11.6 Å². The van der Waals surface area contributed by atoms with Crippen molar-refractivity contribution in [3.63, 3.8) is 0 Å². The van der Waals surface area contributed by atoms with Crippen LogP contribution in [0.5, 0.6) is 0 Å². The molecule has 250 valence electrons. The minimum absolute atomic E-state index is 0.0974. The molecule has 0 aromatic carbocycles. The van der Waals surface area contributed by atoms with Crippen LogP contribution in [0, 0.1) is 62.6 Å². The molecule has 12 atom stereocenters. The van der Waals surface area contributed by atoms with Gasteiger partial charge in [0.25, 0.3) is 0 Å². The number of hydrogen-bond donors (Lipinski definition) is 2. The van der Waals surface area contributed by atoms with E-state index in [9.17, 15) is 14.7 Å². The van der Waals surface area contributed by atoms with Crippen LogP contribution >= 0.6 is 0 Å². The average molecular weight is 616 g/mol. The Bertz CT molecular complexity index is 1170. The summed E-state index contributed by atoms with van der Waals surface area (Å²) in [5.74, 6) is 0.267. The number of carboxylic acids is 1. The number of nitrogens with two attached hydrogens (primary N) is 1. The normalized spacial score (nSPS) is 46.3. The van der Waals surface area contributed by atoms with Crippen LogP contribution in [-0.4, -0.2) is 55.1 Å². The van der Waals surface area contributed by atoms with Crippen LogP contribution in [0.2, 0.25) is 0 Å². The number of allylic oxidation sites excluding steroid dienone is 1. The molecule has 3 N–H and O–H groups in total. The van der Waals surface area contributed by atoms with Crippen LogP contribution in [0.1, 0.15) is 108 Å². The Labute approximate surface area is 266 Å². The number of ether oxygens (including phenoxy) is 3. The summed E-state index contributed by atoms with van der Waals surface area (Å²) in [5.41, 5.74) is 6.49. The first kappa shape index (κ1) is 33.9. The van der Waals surface area contributed by atoms with Crippen LogP contribution in [-0.2, 0) is 23.8 Å². The fourth-order valence-corrected chi connectivity index (χ4v) is 11.6. The summed E-state index contributed by atoms with van der Waals surface area (Å²) in [5, 5.41) is 10.9. The maximum Gasteiger partial charge on any atom is 0.307 e. The molecule has 0 amide bonds. The lowest BCUT2D eigenvalue weighted by atomic mass is 9.34. The van der Waals surface area contributed by atoms with Gasteiger partial charge in [-0.05, 0) is 84.4 Å². The number of hydrogen-bond acceptors (Lipinski definition) is 6. The Balaban J connectivity index is 1.57. The van der Waals surface area contributed by atoms with Crippen LogP contribution in [0.4, 0.5) is 0 Å². The highest BCUT2D eigenvalue weighted by atomic mass is 16.6. The molecule has 4 fully saturated rings. The third-order valence-corrected chi connectivity index (χ3v) is 14.7. The second-order valence-corrected chi connectivity index (χ2v) is 17.4. The van der Waals surface area contributed by atoms with Crippen molar-refractivity contribution in [1.82, 2.24) is 0 Å². The first-order chi connectivity index (χ1) is 20.4. The van der Waals surface area contributed by atoms with Crippen molar-refractivity contribution >= 4 is 11.9 Å². The number of fused-ring (bicyclic) bond motifs is 3. The zero-order valence-electron chi connectivity index (χ0n) is 29.2. The van der Waals surface area contributed by atoms with Crippen molar-refractivity contribution in [3.8, 4) is 0 Å². The largest absolute Gasteiger partial charge is 0.481 e. The Morgan fingerprint density at radius 3 is 2.30 bits per heavy atom. The van der Waals surface area contributed by atoms with Gasteiger partial charge in [-0.15, -0.1) is 0 Å². The standard InChI is InChI=1S/C37H61NO6/c1-21(2)23(5)33(7)15-16-35(9)25-11-12-29-34(8)19-42-20-37(29,26(25)13-14-36(35,10)30(33)32(40)41)17-28(44-24(6)39)31(34)43-18-27(38)22(3)4/h13,21-23,25,27-31H,11-12,14-20,38H2,1-10H3,(H,40,41)/t23-,25+,27?,28-,29+,30-,31+,33-,34+,35-,36+,37-/m1/s1. The third-order valence-electron chi connectivity index (χ3n) is 14.7. The maximum atomic E-state index is 13.3.